The molecule has 0 aliphatic heterocycles. The number of benzene rings is 2. The van der Waals surface area contributed by atoms with Gasteiger partial charge in [-0.05, 0) is 56.5 Å². The van der Waals surface area contributed by atoms with E-state index in [0.717, 1.165) is 4.90 Å². The number of hydrogen-bond acceptors (Lipinski definition) is 6. The van der Waals surface area contributed by atoms with E-state index in [-0.39, 0.29) is 17.0 Å². The lowest BCUT2D eigenvalue weighted by Gasteiger charge is -2.10. The second kappa shape index (κ2) is 9.45. The van der Waals surface area contributed by atoms with Crippen molar-refractivity contribution < 1.29 is 13.2 Å². The van der Waals surface area contributed by atoms with Crippen LogP contribution in [0.1, 0.15) is 13.8 Å². The number of fused-ring (bicyclic) bond motifs is 1. The molecule has 0 atom stereocenters. The third kappa shape index (κ3) is 5.49. The average Bonchev–Trinajstić information content (AvgIpc) is 3.09. The zero-order valence-corrected chi connectivity index (χ0v) is 18.5. The van der Waals surface area contributed by atoms with Crippen LogP contribution < -0.4 is 15.4 Å². The molecule has 1 heterocycles. The van der Waals surface area contributed by atoms with E-state index in [9.17, 15) is 13.2 Å². The summed E-state index contributed by atoms with van der Waals surface area (Å²) in [7, 11) is -3.60. The Kier molecular flexibility index (Phi) is 6.95. The first-order chi connectivity index (χ1) is 14.3. The minimum absolute atomic E-state index is 0.140. The number of anilines is 1. The van der Waals surface area contributed by atoms with Crippen molar-refractivity contribution in [3.8, 4) is 0 Å². The van der Waals surface area contributed by atoms with Crippen molar-refractivity contribution in [1.29, 1.82) is 0 Å². The Bertz CT molecular complexity index is 1140. The molecule has 2 aromatic carbocycles. The van der Waals surface area contributed by atoms with E-state index in [0.29, 0.717) is 29.8 Å². The summed E-state index contributed by atoms with van der Waals surface area (Å²) in [5.74, 6) is 0. The van der Waals surface area contributed by atoms with Crippen LogP contribution in [0.3, 0.4) is 0 Å². The highest BCUT2D eigenvalue weighted by atomic mass is 32.2. The second-order valence-corrected chi connectivity index (χ2v) is 9.45. The molecule has 30 heavy (non-hydrogen) atoms. The molecule has 0 saturated carbocycles. The van der Waals surface area contributed by atoms with Crippen molar-refractivity contribution in [1.82, 2.24) is 25.0 Å². The van der Waals surface area contributed by atoms with Gasteiger partial charge in [-0.1, -0.05) is 11.3 Å². The summed E-state index contributed by atoms with van der Waals surface area (Å²) in [6, 6.07) is 11.7. The van der Waals surface area contributed by atoms with Crippen LogP contribution in [-0.4, -0.2) is 48.3 Å². The highest BCUT2D eigenvalue weighted by Crippen LogP contribution is 2.19. The SMILES string of the molecule is CSc1cccc(NC(=O)NCCn2nnc3cc(S(=O)(=O)NC(C)C)ccc32)c1. The van der Waals surface area contributed by atoms with Crippen molar-refractivity contribution in [3.05, 3.63) is 42.5 Å². The Morgan fingerprint density at radius 2 is 2.00 bits per heavy atom. The van der Waals surface area contributed by atoms with E-state index in [1.165, 1.54) is 12.1 Å². The number of carbonyl (C=O) groups excluding carboxylic acids is 1. The summed E-state index contributed by atoms with van der Waals surface area (Å²) in [4.78, 5) is 13.3. The molecule has 0 bridgehead atoms. The van der Waals surface area contributed by atoms with Crippen LogP contribution in [0.25, 0.3) is 11.0 Å². The van der Waals surface area contributed by atoms with Gasteiger partial charge in [-0.25, -0.2) is 22.6 Å². The summed E-state index contributed by atoms with van der Waals surface area (Å²) in [6.45, 7) is 4.25. The van der Waals surface area contributed by atoms with Gasteiger partial charge in [-0.15, -0.1) is 16.9 Å². The largest absolute Gasteiger partial charge is 0.336 e. The molecule has 1 aromatic heterocycles. The predicted octanol–water partition coefficient (Wildman–Crippen LogP) is 2.66. The quantitative estimate of drug-likeness (QED) is 0.456. The van der Waals surface area contributed by atoms with Crippen LogP contribution in [0.15, 0.2) is 52.3 Å². The van der Waals surface area contributed by atoms with Crippen LogP contribution in [0, 0.1) is 0 Å². The number of hydrogen-bond donors (Lipinski definition) is 3. The fourth-order valence-electron chi connectivity index (χ4n) is 2.81. The lowest BCUT2D eigenvalue weighted by molar-refractivity contribution is 0.251. The molecule has 0 saturated heterocycles. The van der Waals surface area contributed by atoms with Crippen LogP contribution in [0.4, 0.5) is 10.5 Å². The van der Waals surface area contributed by atoms with E-state index >= 15 is 0 Å². The second-order valence-electron chi connectivity index (χ2n) is 6.85. The molecule has 3 rings (SSSR count). The first-order valence-electron chi connectivity index (χ1n) is 9.33. The third-order valence-corrected chi connectivity index (χ3v) is 6.50. The van der Waals surface area contributed by atoms with E-state index in [1.54, 1.807) is 36.4 Å². The number of nitrogens with one attached hydrogen (secondary N) is 3. The maximum absolute atomic E-state index is 12.3. The van der Waals surface area contributed by atoms with Gasteiger partial charge in [0.2, 0.25) is 10.0 Å². The van der Waals surface area contributed by atoms with Crippen molar-refractivity contribution in [2.75, 3.05) is 18.1 Å². The molecular weight excluding hydrogens is 424 g/mol. The van der Waals surface area contributed by atoms with Crippen molar-refractivity contribution in [3.63, 3.8) is 0 Å². The Balaban J connectivity index is 1.60. The highest BCUT2D eigenvalue weighted by Gasteiger charge is 2.17. The summed E-state index contributed by atoms with van der Waals surface area (Å²) >= 11 is 1.60. The molecule has 11 heteroatoms. The number of rotatable bonds is 8. The first kappa shape index (κ1) is 22.1. The smallest absolute Gasteiger partial charge is 0.319 e. The van der Waals surface area contributed by atoms with Crippen LogP contribution >= 0.6 is 11.8 Å². The van der Waals surface area contributed by atoms with Gasteiger partial charge in [0.1, 0.15) is 5.52 Å². The Morgan fingerprint density at radius 3 is 2.73 bits per heavy atom. The topological polar surface area (TPSA) is 118 Å². The van der Waals surface area contributed by atoms with E-state index < -0.39 is 10.0 Å². The molecule has 0 radical (unpaired) electrons. The minimum atomic E-state index is -3.60. The van der Waals surface area contributed by atoms with Gasteiger partial charge in [-0.2, -0.15) is 0 Å². The van der Waals surface area contributed by atoms with E-state index in [1.807, 2.05) is 30.5 Å². The van der Waals surface area contributed by atoms with Gasteiger partial charge < -0.3 is 10.6 Å². The molecule has 160 valence electrons. The summed E-state index contributed by atoms with van der Waals surface area (Å²) < 4.78 is 28.8. The van der Waals surface area contributed by atoms with Gasteiger partial charge in [-0.3, -0.25) is 0 Å². The van der Waals surface area contributed by atoms with Crippen molar-refractivity contribution >= 4 is 44.5 Å². The molecule has 0 aliphatic rings. The summed E-state index contributed by atoms with van der Waals surface area (Å²) in [6.07, 6.45) is 1.97. The van der Waals surface area contributed by atoms with Crippen molar-refractivity contribution in [2.24, 2.45) is 0 Å². The van der Waals surface area contributed by atoms with Gasteiger partial charge in [0, 0.05) is 23.2 Å². The molecular formula is C19H24N6O3S2. The number of urea groups is 1. The van der Waals surface area contributed by atoms with E-state index in [4.69, 9.17) is 0 Å². The molecule has 0 spiro atoms. The molecule has 0 fully saturated rings. The molecule has 3 aromatic rings. The molecule has 0 unspecified atom stereocenters. The van der Waals surface area contributed by atoms with Gasteiger partial charge in [0.05, 0.1) is 17.0 Å². The maximum atomic E-state index is 12.3. The summed E-state index contributed by atoms with van der Waals surface area (Å²) in [5.41, 5.74) is 1.88. The highest BCUT2D eigenvalue weighted by molar-refractivity contribution is 7.98. The number of carbonyl (C=O) groups is 1. The van der Waals surface area contributed by atoms with Crippen molar-refractivity contribution in [2.45, 2.75) is 36.2 Å². The number of amides is 2. The Labute approximate surface area is 179 Å². The van der Waals surface area contributed by atoms with Crippen LogP contribution in [0.5, 0.6) is 0 Å². The summed E-state index contributed by atoms with van der Waals surface area (Å²) in [5, 5.41) is 13.7. The normalized spacial score (nSPS) is 11.7. The Hall–Kier alpha value is -2.63. The zero-order chi connectivity index (χ0) is 21.7. The van der Waals surface area contributed by atoms with Gasteiger partial charge in [0.25, 0.3) is 0 Å². The number of thioether (sulfide) groups is 1. The fraction of sp³-hybridized carbons (Fsp3) is 0.316. The number of sulfonamides is 1. The molecule has 0 aliphatic carbocycles. The fourth-order valence-corrected chi connectivity index (χ4v) is 4.54. The zero-order valence-electron chi connectivity index (χ0n) is 16.9. The number of nitrogens with zero attached hydrogens (tertiary/aromatic N) is 3. The van der Waals surface area contributed by atoms with Crippen LogP contribution in [-0.2, 0) is 16.6 Å². The monoisotopic (exact) mass is 448 g/mol. The molecule has 9 nitrogen and oxygen atoms in total. The minimum Gasteiger partial charge on any atom is -0.336 e. The van der Waals surface area contributed by atoms with Gasteiger partial charge >= 0.3 is 6.03 Å². The average molecular weight is 449 g/mol. The molecule has 2 amide bonds. The lowest BCUT2D eigenvalue weighted by Crippen LogP contribution is -2.31. The lowest BCUT2D eigenvalue weighted by atomic mass is 10.3. The third-order valence-electron chi connectivity index (χ3n) is 4.12. The van der Waals surface area contributed by atoms with Gasteiger partial charge in [0.15, 0.2) is 0 Å². The maximum Gasteiger partial charge on any atom is 0.319 e. The Morgan fingerprint density at radius 1 is 1.20 bits per heavy atom. The first-order valence-corrected chi connectivity index (χ1v) is 12.0. The predicted molar refractivity (Wildman–Crippen MR) is 118 cm³/mol. The van der Waals surface area contributed by atoms with E-state index in [2.05, 4.69) is 25.7 Å². The number of aromatic nitrogens is 3. The molecule has 3 N–H and O–H groups in total. The van der Waals surface area contributed by atoms with Crippen LogP contribution in [0.2, 0.25) is 0 Å². The standard InChI is InChI=1S/C19H24N6O3S2/c1-13(2)23-30(27,28)16-7-8-18-17(12-16)22-24-25(18)10-9-20-19(26)21-14-5-4-6-15(11-14)29-3/h4-8,11-13,23H,9-10H2,1-3H3,(H2,20,21,26).